The number of aromatic nitrogens is 2. The SMILES string of the molecule is COCCN1CCC(n2nccc2NC(=O)[C@H](OC)c2ccccc2)CC1. The summed E-state index contributed by atoms with van der Waals surface area (Å²) in [7, 11) is 3.28. The molecule has 1 amide bonds. The van der Waals surface area contributed by atoms with Gasteiger partial charge < -0.3 is 19.7 Å². The van der Waals surface area contributed by atoms with Crippen LogP contribution in [0.2, 0.25) is 0 Å². The standard InChI is InChI=1S/C20H28N4O3/c1-26-15-14-23-12-9-17(10-13-23)24-18(8-11-21-24)22-20(25)19(27-2)16-6-4-3-5-7-16/h3-8,11,17,19H,9-10,12-15H2,1-2H3,(H,22,25)/t19-/m1/s1. The van der Waals surface area contributed by atoms with Crippen molar-refractivity contribution in [3.63, 3.8) is 0 Å². The first-order valence-electron chi connectivity index (χ1n) is 9.36. The second kappa shape index (κ2) is 9.64. The normalized spacial score (nSPS) is 17.0. The van der Waals surface area contributed by atoms with Crippen molar-refractivity contribution < 1.29 is 14.3 Å². The van der Waals surface area contributed by atoms with E-state index in [4.69, 9.17) is 9.47 Å². The molecule has 1 aromatic carbocycles. The van der Waals surface area contributed by atoms with Crippen LogP contribution in [0.4, 0.5) is 5.82 Å². The smallest absolute Gasteiger partial charge is 0.259 e. The first kappa shape index (κ1) is 19.5. The number of hydrogen-bond donors (Lipinski definition) is 1. The van der Waals surface area contributed by atoms with Crippen molar-refractivity contribution in [2.45, 2.75) is 25.0 Å². The van der Waals surface area contributed by atoms with E-state index in [0.29, 0.717) is 5.82 Å². The maximum atomic E-state index is 12.7. The van der Waals surface area contributed by atoms with Crippen LogP contribution in [0.25, 0.3) is 0 Å². The van der Waals surface area contributed by atoms with E-state index in [1.165, 1.54) is 0 Å². The fourth-order valence-electron chi connectivity index (χ4n) is 3.53. The molecule has 1 saturated heterocycles. The number of piperidine rings is 1. The van der Waals surface area contributed by atoms with Crippen molar-refractivity contribution in [1.82, 2.24) is 14.7 Å². The van der Waals surface area contributed by atoms with Gasteiger partial charge in [0.15, 0.2) is 6.10 Å². The molecule has 7 heteroatoms. The van der Waals surface area contributed by atoms with Crippen molar-refractivity contribution in [3.8, 4) is 0 Å². The summed E-state index contributed by atoms with van der Waals surface area (Å²) < 4.78 is 12.5. The number of carbonyl (C=O) groups is 1. The van der Waals surface area contributed by atoms with E-state index in [1.807, 2.05) is 41.1 Å². The maximum Gasteiger partial charge on any atom is 0.259 e. The van der Waals surface area contributed by atoms with Crippen molar-refractivity contribution in [2.24, 2.45) is 0 Å². The Bertz CT molecular complexity index is 711. The van der Waals surface area contributed by atoms with Crippen molar-refractivity contribution in [3.05, 3.63) is 48.2 Å². The second-order valence-electron chi connectivity index (χ2n) is 6.74. The van der Waals surface area contributed by atoms with Crippen LogP contribution in [0.3, 0.4) is 0 Å². The molecule has 0 spiro atoms. The molecule has 1 fully saturated rings. The van der Waals surface area contributed by atoms with Gasteiger partial charge in [0.05, 0.1) is 18.8 Å². The Hall–Kier alpha value is -2.22. The van der Waals surface area contributed by atoms with Gasteiger partial charge in [0.1, 0.15) is 5.82 Å². The highest BCUT2D eigenvalue weighted by atomic mass is 16.5. The summed E-state index contributed by atoms with van der Waals surface area (Å²) in [5.74, 6) is 0.524. The molecule has 0 unspecified atom stereocenters. The van der Waals surface area contributed by atoms with E-state index in [1.54, 1.807) is 20.4 Å². The van der Waals surface area contributed by atoms with Crippen LogP contribution in [0, 0.1) is 0 Å². The van der Waals surface area contributed by atoms with E-state index < -0.39 is 6.10 Å². The number of ether oxygens (including phenoxy) is 2. The number of methoxy groups -OCH3 is 2. The lowest BCUT2D eigenvalue weighted by molar-refractivity contribution is -0.126. The molecular weight excluding hydrogens is 344 g/mol. The zero-order valence-electron chi connectivity index (χ0n) is 16.0. The number of amides is 1. The molecule has 27 heavy (non-hydrogen) atoms. The van der Waals surface area contributed by atoms with Crippen LogP contribution in [-0.2, 0) is 14.3 Å². The molecule has 0 bridgehead atoms. The van der Waals surface area contributed by atoms with Crippen LogP contribution in [0.15, 0.2) is 42.6 Å². The number of nitrogens with zero attached hydrogens (tertiary/aromatic N) is 3. The molecule has 2 aromatic rings. The quantitative estimate of drug-likeness (QED) is 0.771. The Morgan fingerprint density at radius 3 is 2.63 bits per heavy atom. The summed E-state index contributed by atoms with van der Waals surface area (Å²) in [6.07, 6.45) is 3.09. The Morgan fingerprint density at radius 1 is 1.22 bits per heavy atom. The number of hydrogen-bond acceptors (Lipinski definition) is 5. The highest BCUT2D eigenvalue weighted by molar-refractivity contribution is 5.94. The zero-order chi connectivity index (χ0) is 19.1. The third kappa shape index (κ3) is 4.94. The van der Waals surface area contributed by atoms with Gasteiger partial charge in [0.2, 0.25) is 0 Å². The highest BCUT2D eigenvalue weighted by Gasteiger charge is 2.25. The molecule has 1 atom stereocenters. The van der Waals surface area contributed by atoms with Crippen LogP contribution in [0.5, 0.6) is 0 Å². The largest absolute Gasteiger partial charge is 0.383 e. The average Bonchev–Trinajstić information content (AvgIpc) is 3.16. The number of carbonyl (C=O) groups excluding carboxylic acids is 1. The minimum Gasteiger partial charge on any atom is -0.383 e. The summed E-state index contributed by atoms with van der Waals surface area (Å²) in [5.41, 5.74) is 0.829. The summed E-state index contributed by atoms with van der Waals surface area (Å²) in [6.45, 7) is 3.72. The second-order valence-corrected chi connectivity index (χ2v) is 6.74. The van der Waals surface area contributed by atoms with E-state index in [9.17, 15) is 4.79 Å². The maximum absolute atomic E-state index is 12.7. The van der Waals surface area contributed by atoms with Gasteiger partial charge in [0.25, 0.3) is 5.91 Å². The van der Waals surface area contributed by atoms with Gasteiger partial charge in [-0.2, -0.15) is 5.10 Å². The average molecular weight is 372 g/mol. The molecule has 0 saturated carbocycles. The lowest BCUT2D eigenvalue weighted by atomic mass is 10.1. The third-order valence-corrected chi connectivity index (χ3v) is 5.01. The minimum atomic E-state index is -0.648. The third-order valence-electron chi connectivity index (χ3n) is 5.01. The molecule has 1 N–H and O–H groups in total. The first-order chi connectivity index (χ1) is 13.2. The van der Waals surface area contributed by atoms with Gasteiger partial charge in [-0.05, 0) is 18.4 Å². The van der Waals surface area contributed by atoms with Crippen molar-refractivity contribution in [2.75, 3.05) is 45.8 Å². The van der Waals surface area contributed by atoms with Crippen molar-refractivity contribution >= 4 is 11.7 Å². The predicted molar refractivity (Wildman–Crippen MR) is 104 cm³/mol. The number of benzene rings is 1. The number of likely N-dealkylation sites (tertiary alicyclic amines) is 1. The molecule has 1 aliphatic heterocycles. The molecule has 7 nitrogen and oxygen atoms in total. The van der Waals surface area contributed by atoms with Crippen LogP contribution < -0.4 is 5.32 Å². The molecule has 1 aliphatic rings. The first-order valence-corrected chi connectivity index (χ1v) is 9.36. The van der Waals surface area contributed by atoms with Gasteiger partial charge in [-0.3, -0.25) is 4.79 Å². The van der Waals surface area contributed by atoms with Crippen molar-refractivity contribution in [1.29, 1.82) is 0 Å². The molecule has 146 valence electrons. The summed E-state index contributed by atoms with van der Waals surface area (Å²) >= 11 is 0. The lowest BCUT2D eigenvalue weighted by Gasteiger charge is -2.32. The Balaban J connectivity index is 1.63. The van der Waals surface area contributed by atoms with E-state index >= 15 is 0 Å². The van der Waals surface area contributed by atoms with E-state index in [2.05, 4.69) is 15.3 Å². The van der Waals surface area contributed by atoms with Gasteiger partial charge >= 0.3 is 0 Å². The van der Waals surface area contributed by atoms with Crippen LogP contribution in [-0.4, -0.2) is 61.0 Å². The van der Waals surface area contributed by atoms with Crippen LogP contribution >= 0.6 is 0 Å². The molecule has 2 heterocycles. The fourth-order valence-corrected chi connectivity index (χ4v) is 3.53. The number of rotatable bonds is 8. The summed E-state index contributed by atoms with van der Waals surface area (Å²) in [6, 6.07) is 11.6. The molecule has 1 aromatic heterocycles. The molecule has 0 radical (unpaired) electrons. The highest BCUT2D eigenvalue weighted by Crippen LogP contribution is 2.26. The number of anilines is 1. The minimum absolute atomic E-state index is 0.192. The monoisotopic (exact) mass is 372 g/mol. The van der Waals surface area contributed by atoms with Crippen LogP contribution in [0.1, 0.15) is 30.6 Å². The molecule has 0 aliphatic carbocycles. The predicted octanol–water partition coefficient (Wildman–Crippen LogP) is 2.49. The zero-order valence-corrected chi connectivity index (χ0v) is 16.0. The Labute approximate surface area is 160 Å². The molecular formula is C20H28N4O3. The summed E-state index contributed by atoms with van der Waals surface area (Å²) in [5, 5.41) is 7.44. The fraction of sp³-hybridized carbons (Fsp3) is 0.500. The topological polar surface area (TPSA) is 68.6 Å². The number of nitrogens with one attached hydrogen (secondary N) is 1. The Morgan fingerprint density at radius 2 is 1.96 bits per heavy atom. The van der Waals surface area contributed by atoms with Gasteiger partial charge in [-0.15, -0.1) is 0 Å². The van der Waals surface area contributed by atoms with Gasteiger partial charge in [-0.25, -0.2) is 4.68 Å². The van der Waals surface area contributed by atoms with E-state index in [0.717, 1.165) is 44.6 Å². The molecule has 3 rings (SSSR count). The van der Waals surface area contributed by atoms with Gasteiger partial charge in [0, 0.05) is 39.9 Å². The van der Waals surface area contributed by atoms with Gasteiger partial charge in [-0.1, -0.05) is 30.3 Å². The Kier molecular flexibility index (Phi) is 6.98. The van der Waals surface area contributed by atoms with E-state index in [-0.39, 0.29) is 11.9 Å². The summed E-state index contributed by atoms with van der Waals surface area (Å²) in [4.78, 5) is 15.1. The lowest BCUT2D eigenvalue weighted by Crippen LogP contribution is -2.37.